The van der Waals surface area contributed by atoms with Gasteiger partial charge in [0.2, 0.25) is 5.91 Å². The van der Waals surface area contributed by atoms with E-state index in [2.05, 4.69) is 5.32 Å². The zero-order valence-electron chi connectivity index (χ0n) is 14.4. The Labute approximate surface area is 146 Å². The Kier molecular flexibility index (Phi) is 8.64. The molecule has 1 aliphatic rings. The SMILES string of the molecule is CC(C)(CO[C@@H]1OC(CO)[C@@H](O)C(O)C1O)[C@@H](O)C(=O)NCCCO. The average Bonchev–Trinajstić information content (AvgIpc) is 2.58. The average molecular weight is 367 g/mol. The van der Waals surface area contributed by atoms with Crippen molar-refractivity contribution < 1.29 is 44.9 Å². The van der Waals surface area contributed by atoms with Crippen molar-refractivity contribution in [1.82, 2.24) is 5.32 Å². The smallest absolute Gasteiger partial charge is 0.249 e. The van der Waals surface area contributed by atoms with Crippen LogP contribution in [0.25, 0.3) is 0 Å². The predicted octanol–water partition coefficient (Wildman–Crippen LogP) is -3.31. The lowest BCUT2D eigenvalue weighted by molar-refractivity contribution is -0.306. The fourth-order valence-corrected chi connectivity index (χ4v) is 2.32. The van der Waals surface area contributed by atoms with Gasteiger partial charge in [-0.1, -0.05) is 13.8 Å². The maximum absolute atomic E-state index is 11.9. The predicted molar refractivity (Wildman–Crippen MR) is 84.2 cm³/mol. The summed E-state index contributed by atoms with van der Waals surface area (Å²) >= 11 is 0. The first-order valence-electron chi connectivity index (χ1n) is 8.14. The molecule has 0 saturated carbocycles. The van der Waals surface area contributed by atoms with Gasteiger partial charge in [0.1, 0.15) is 30.5 Å². The van der Waals surface area contributed by atoms with Gasteiger partial charge in [0.15, 0.2) is 6.29 Å². The number of aliphatic hydroxyl groups excluding tert-OH is 6. The maximum atomic E-state index is 11.9. The molecule has 1 fully saturated rings. The lowest BCUT2D eigenvalue weighted by atomic mass is 9.87. The topological polar surface area (TPSA) is 169 Å². The second-order valence-electron chi connectivity index (χ2n) is 6.77. The van der Waals surface area contributed by atoms with Crippen molar-refractivity contribution in [3.8, 4) is 0 Å². The summed E-state index contributed by atoms with van der Waals surface area (Å²) in [4.78, 5) is 11.9. The van der Waals surface area contributed by atoms with Gasteiger partial charge < -0.3 is 45.4 Å². The Morgan fingerprint density at radius 2 is 1.84 bits per heavy atom. The zero-order valence-corrected chi connectivity index (χ0v) is 14.4. The van der Waals surface area contributed by atoms with E-state index >= 15 is 0 Å². The third kappa shape index (κ3) is 5.83. The third-order valence-corrected chi connectivity index (χ3v) is 4.09. The van der Waals surface area contributed by atoms with Crippen molar-refractivity contribution in [1.29, 1.82) is 0 Å². The van der Waals surface area contributed by atoms with Crippen LogP contribution in [0, 0.1) is 5.41 Å². The Hall–Kier alpha value is -0.850. The Morgan fingerprint density at radius 3 is 2.40 bits per heavy atom. The number of rotatable bonds is 9. The molecule has 1 amide bonds. The van der Waals surface area contributed by atoms with Gasteiger partial charge in [0.05, 0.1) is 13.2 Å². The van der Waals surface area contributed by atoms with Crippen LogP contribution < -0.4 is 5.32 Å². The molecule has 6 atom stereocenters. The summed E-state index contributed by atoms with van der Waals surface area (Å²) in [6, 6.07) is 0. The summed E-state index contributed by atoms with van der Waals surface area (Å²) in [5.41, 5.74) is -1.05. The number of hydrogen-bond acceptors (Lipinski definition) is 9. The van der Waals surface area contributed by atoms with E-state index in [4.69, 9.17) is 19.7 Å². The maximum Gasteiger partial charge on any atom is 0.249 e. The molecule has 0 spiro atoms. The fraction of sp³-hybridized carbons (Fsp3) is 0.933. The molecule has 0 bridgehead atoms. The number of nitrogens with one attached hydrogen (secondary N) is 1. The first-order valence-corrected chi connectivity index (χ1v) is 8.14. The van der Waals surface area contributed by atoms with E-state index < -0.39 is 54.7 Å². The highest BCUT2D eigenvalue weighted by Gasteiger charge is 2.45. The van der Waals surface area contributed by atoms with Crippen molar-refractivity contribution in [2.45, 2.75) is 57.1 Å². The highest BCUT2D eigenvalue weighted by molar-refractivity contribution is 5.81. The van der Waals surface area contributed by atoms with Crippen molar-refractivity contribution in [2.75, 3.05) is 26.4 Å². The lowest BCUT2D eigenvalue weighted by Gasteiger charge is -2.41. The Balaban J connectivity index is 2.60. The molecule has 7 N–H and O–H groups in total. The molecule has 0 aliphatic carbocycles. The van der Waals surface area contributed by atoms with Crippen LogP contribution in [0.2, 0.25) is 0 Å². The highest BCUT2D eigenvalue weighted by atomic mass is 16.7. The summed E-state index contributed by atoms with van der Waals surface area (Å²) in [6.45, 7) is 2.48. The summed E-state index contributed by atoms with van der Waals surface area (Å²) in [7, 11) is 0. The van der Waals surface area contributed by atoms with Crippen LogP contribution in [-0.2, 0) is 14.3 Å². The van der Waals surface area contributed by atoms with E-state index in [1.54, 1.807) is 13.8 Å². The minimum absolute atomic E-state index is 0.0833. The van der Waals surface area contributed by atoms with Gasteiger partial charge in [-0.2, -0.15) is 0 Å². The third-order valence-electron chi connectivity index (χ3n) is 4.09. The van der Waals surface area contributed by atoms with Crippen LogP contribution in [0.4, 0.5) is 0 Å². The number of carbonyl (C=O) groups excluding carboxylic acids is 1. The second-order valence-corrected chi connectivity index (χ2v) is 6.77. The van der Waals surface area contributed by atoms with Crippen LogP contribution in [0.5, 0.6) is 0 Å². The molecule has 1 aliphatic heterocycles. The minimum atomic E-state index is -1.56. The van der Waals surface area contributed by atoms with Gasteiger partial charge in [-0.15, -0.1) is 0 Å². The number of hydrogen-bond donors (Lipinski definition) is 7. The van der Waals surface area contributed by atoms with Crippen LogP contribution in [0.1, 0.15) is 20.3 Å². The van der Waals surface area contributed by atoms with Crippen molar-refractivity contribution in [3.63, 3.8) is 0 Å². The zero-order chi connectivity index (χ0) is 19.2. The first-order chi connectivity index (χ1) is 11.7. The van der Waals surface area contributed by atoms with Crippen LogP contribution in [0.15, 0.2) is 0 Å². The van der Waals surface area contributed by atoms with Gasteiger partial charge >= 0.3 is 0 Å². The molecule has 10 nitrogen and oxygen atoms in total. The minimum Gasteiger partial charge on any atom is -0.396 e. The monoisotopic (exact) mass is 367 g/mol. The molecular weight excluding hydrogens is 338 g/mol. The molecule has 3 unspecified atom stereocenters. The highest BCUT2D eigenvalue weighted by Crippen LogP contribution is 2.26. The largest absolute Gasteiger partial charge is 0.396 e. The number of ether oxygens (including phenoxy) is 2. The fourth-order valence-electron chi connectivity index (χ4n) is 2.32. The van der Waals surface area contributed by atoms with E-state index in [9.17, 15) is 25.2 Å². The molecular formula is C15H29NO9. The molecule has 25 heavy (non-hydrogen) atoms. The molecule has 0 aromatic rings. The van der Waals surface area contributed by atoms with Crippen molar-refractivity contribution >= 4 is 5.91 Å². The van der Waals surface area contributed by atoms with E-state index in [-0.39, 0.29) is 19.8 Å². The van der Waals surface area contributed by atoms with Gasteiger partial charge in [-0.05, 0) is 6.42 Å². The molecule has 148 valence electrons. The second kappa shape index (κ2) is 9.74. The van der Waals surface area contributed by atoms with Gasteiger partial charge in [0.25, 0.3) is 0 Å². The molecule has 1 saturated heterocycles. The van der Waals surface area contributed by atoms with E-state index in [1.165, 1.54) is 0 Å². The van der Waals surface area contributed by atoms with Crippen LogP contribution >= 0.6 is 0 Å². The summed E-state index contributed by atoms with van der Waals surface area (Å²) < 4.78 is 10.6. The molecule has 1 heterocycles. The number of aliphatic hydroxyl groups is 6. The van der Waals surface area contributed by atoms with Crippen LogP contribution in [-0.4, -0.2) is 99.7 Å². The molecule has 0 aromatic heterocycles. The Bertz CT molecular complexity index is 418. The first kappa shape index (κ1) is 22.2. The molecule has 0 aromatic carbocycles. The summed E-state index contributed by atoms with van der Waals surface area (Å²) in [5, 5.41) is 59.8. The van der Waals surface area contributed by atoms with Crippen molar-refractivity contribution in [3.05, 3.63) is 0 Å². The van der Waals surface area contributed by atoms with E-state index in [0.29, 0.717) is 6.42 Å². The molecule has 0 radical (unpaired) electrons. The quantitative estimate of drug-likeness (QED) is 0.206. The summed E-state index contributed by atoms with van der Waals surface area (Å²) in [6.07, 6.45) is -8.10. The van der Waals surface area contributed by atoms with E-state index in [1.807, 2.05) is 0 Å². The Morgan fingerprint density at radius 1 is 1.20 bits per heavy atom. The van der Waals surface area contributed by atoms with Gasteiger partial charge in [-0.25, -0.2) is 0 Å². The van der Waals surface area contributed by atoms with Gasteiger partial charge in [0, 0.05) is 18.6 Å². The van der Waals surface area contributed by atoms with Gasteiger partial charge in [-0.3, -0.25) is 4.79 Å². The normalized spacial score (nSPS) is 31.6. The number of amides is 1. The molecule has 1 rings (SSSR count). The lowest BCUT2D eigenvalue weighted by Crippen LogP contribution is -2.59. The molecule has 10 heteroatoms. The van der Waals surface area contributed by atoms with Crippen LogP contribution in [0.3, 0.4) is 0 Å². The van der Waals surface area contributed by atoms with E-state index in [0.717, 1.165) is 0 Å². The number of carbonyl (C=O) groups is 1. The summed E-state index contributed by atoms with van der Waals surface area (Å²) in [5.74, 6) is -0.629. The van der Waals surface area contributed by atoms with Crippen molar-refractivity contribution in [2.24, 2.45) is 5.41 Å². The standard InChI is InChI=1S/C15H29NO9/c1-15(2,12(22)13(23)16-4-3-5-17)7-24-14-11(21)10(20)9(19)8(6-18)25-14/h8-12,14,17-22H,3-7H2,1-2H3,(H,16,23)/t8?,9-,10?,11?,12+,14-/m1/s1.